The third kappa shape index (κ3) is 4.48. The van der Waals surface area contributed by atoms with Crippen molar-refractivity contribution >= 4 is 0 Å². The lowest BCUT2D eigenvalue weighted by molar-refractivity contribution is -1.02. The molecular formula is C21H30N2O3+2. The normalized spacial score (nSPS) is 20.0. The molecular weight excluding hydrogens is 328 g/mol. The molecule has 0 spiro atoms. The maximum absolute atomic E-state index is 10.1. The minimum absolute atomic E-state index is 0.0705. The number of rotatable bonds is 6. The molecule has 0 bridgehead atoms. The Labute approximate surface area is 155 Å². The van der Waals surface area contributed by atoms with Crippen LogP contribution >= 0.6 is 0 Å². The Morgan fingerprint density at radius 3 is 1.88 bits per heavy atom. The average Bonchev–Trinajstić information content (AvgIpc) is 2.64. The highest BCUT2D eigenvalue weighted by Gasteiger charge is 2.24. The van der Waals surface area contributed by atoms with Crippen LogP contribution in [0.15, 0.2) is 36.4 Å². The molecule has 0 unspecified atom stereocenters. The predicted molar refractivity (Wildman–Crippen MR) is 101 cm³/mol. The second kappa shape index (κ2) is 8.43. The average molecular weight is 358 g/mol. The van der Waals surface area contributed by atoms with Gasteiger partial charge in [-0.3, -0.25) is 0 Å². The van der Waals surface area contributed by atoms with Crippen LogP contribution in [0.5, 0.6) is 17.2 Å². The van der Waals surface area contributed by atoms with E-state index in [4.69, 9.17) is 9.47 Å². The largest absolute Gasteiger partial charge is 0.502 e. The van der Waals surface area contributed by atoms with Crippen LogP contribution < -0.4 is 19.3 Å². The number of phenolic OH excluding ortho intramolecular Hbond substituents is 1. The van der Waals surface area contributed by atoms with Crippen molar-refractivity contribution in [2.45, 2.75) is 20.0 Å². The summed E-state index contributed by atoms with van der Waals surface area (Å²) in [7, 11) is 3.14. The number of hydrogen-bond donors (Lipinski definition) is 3. The molecule has 1 aliphatic rings. The topological polar surface area (TPSA) is 47.6 Å². The third-order valence-electron chi connectivity index (χ3n) is 5.19. The highest BCUT2D eigenvalue weighted by molar-refractivity contribution is 5.52. The maximum Gasteiger partial charge on any atom is 0.200 e. The van der Waals surface area contributed by atoms with Crippen molar-refractivity contribution in [1.82, 2.24) is 0 Å². The zero-order valence-corrected chi connectivity index (χ0v) is 16.0. The molecule has 26 heavy (non-hydrogen) atoms. The number of hydrogen-bond acceptors (Lipinski definition) is 3. The van der Waals surface area contributed by atoms with E-state index in [1.165, 1.54) is 24.2 Å². The van der Waals surface area contributed by atoms with Gasteiger partial charge in [-0.15, -0.1) is 0 Å². The van der Waals surface area contributed by atoms with Crippen molar-refractivity contribution in [3.8, 4) is 17.2 Å². The zero-order chi connectivity index (χ0) is 18.5. The smallest absolute Gasteiger partial charge is 0.200 e. The number of aromatic hydroxyl groups is 1. The molecule has 0 amide bonds. The van der Waals surface area contributed by atoms with Crippen molar-refractivity contribution in [1.29, 1.82) is 0 Å². The van der Waals surface area contributed by atoms with Gasteiger partial charge in [0.05, 0.1) is 14.2 Å². The van der Waals surface area contributed by atoms with E-state index < -0.39 is 0 Å². The van der Waals surface area contributed by atoms with E-state index in [9.17, 15) is 5.11 Å². The summed E-state index contributed by atoms with van der Waals surface area (Å²) >= 11 is 0. The van der Waals surface area contributed by atoms with Gasteiger partial charge >= 0.3 is 0 Å². The van der Waals surface area contributed by atoms with Crippen LogP contribution in [0.3, 0.4) is 0 Å². The number of benzene rings is 2. The van der Waals surface area contributed by atoms with E-state index in [1.807, 2.05) is 12.1 Å². The zero-order valence-electron chi connectivity index (χ0n) is 16.0. The van der Waals surface area contributed by atoms with Gasteiger partial charge in [-0.25, -0.2) is 0 Å². The molecule has 3 N–H and O–H groups in total. The molecule has 0 radical (unpaired) electrons. The number of nitrogens with one attached hydrogen (secondary N) is 2. The van der Waals surface area contributed by atoms with Crippen LogP contribution in [0.2, 0.25) is 0 Å². The first-order chi connectivity index (χ1) is 12.6. The molecule has 0 saturated carbocycles. The van der Waals surface area contributed by atoms with Crippen molar-refractivity contribution in [2.24, 2.45) is 0 Å². The highest BCUT2D eigenvalue weighted by Crippen LogP contribution is 2.36. The van der Waals surface area contributed by atoms with Crippen molar-refractivity contribution in [3.63, 3.8) is 0 Å². The first-order valence-corrected chi connectivity index (χ1v) is 9.25. The molecule has 5 heteroatoms. The molecule has 5 nitrogen and oxygen atoms in total. The number of quaternary nitrogens is 2. The molecule has 140 valence electrons. The van der Waals surface area contributed by atoms with Crippen LogP contribution in [-0.2, 0) is 13.1 Å². The Balaban J connectivity index is 1.57. The van der Waals surface area contributed by atoms with E-state index in [1.54, 1.807) is 24.0 Å². The minimum Gasteiger partial charge on any atom is -0.502 e. The molecule has 0 aromatic heterocycles. The number of phenols is 1. The van der Waals surface area contributed by atoms with Gasteiger partial charge in [0, 0.05) is 11.1 Å². The standard InChI is InChI=1S/C21H28N2O3/c1-16-5-4-6-17(11-16)14-22-7-9-23(10-8-22)15-18-12-19(25-2)21(24)20(13-18)26-3/h4-6,11-13,24H,7-10,14-15H2,1-3H3/p+2. The van der Waals surface area contributed by atoms with Crippen LogP contribution in [0.25, 0.3) is 0 Å². The van der Waals surface area contributed by atoms with E-state index >= 15 is 0 Å². The van der Waals surface area contributed by atoms with Crippen LogP contribution in [0, 0.1) is 6.92 Å². The molecule has 2 aromatic carbocycles. The number of aryl methyl sites for hydroxylation is 1. The van der Waals surface area contributed by atoms with Crippen molar-refractivity contribution in [3.05, 3.63) is 53.1 Å². The lowest BCUT2D eigenvalue weighted by Crippen LogP contribution is -3.27. The summed E-state index contributed by atoms with van der Waals surface area (Å²) in [4.78, 5) is 3.22. The van der Waals surface area contributed by atoms with E-state index in [-0.39, 0.29) is 5.75 Å². The molecule has 3 rings (SSSR count). The van der Waals surface area contributed by atoms with E-state index in [0.29, 0.717) is 11.5 Å². The SMILES string of the molecule is COc1cc(C[NH+]2CC[NH+](Cc3cccc(C)c3)CC2)cc(OC)c1O. The fourth-order valence-corrected chi connectivity index (χ4v) is 3.76. The number of ether oxygens (including phenoxy) is 2. The van der Waals surface area contributed by atoms with Crippen LogP contribution in [-0.4, -0.2) is 45.5 Å². The first-order valence-electron chi connectivity index (χ1n) is 9.25. The second-order valence-electron chi connectivity index (χ2n) is 7.19. The monoisotopic (exact) mass is 358 g/mol. The fraction of sp³-hybridized carbons (Fsp3) is 0.429. The summed E-state index contributed by atoms with van der Waals surface area (Å²) in [6.45, 7) is 8.83. The second-order valence-corrected chi connectivity index (χ2v) is 7.19. The van der Waals surface area contributed by atoms with Gasteiger partial charge in [0.2, 0.25) is 5.75 Å². The quantitative estimate of drug-likeness (QED) is 0.692. The van der Waals surface area contributed by atoms with Gasteiger partial charge in [0.15, 0.2) is 11.5 Å². The van der Waals surface area contributed by atoms with Crippen molar-refractivity contribution in [2.75, 3.05) is 40.4 Å². The third-order valence-corrected chi connectivity index (χ3v) is 5.19. The summed E-state index contributed by atoms with van der Waals surface area (Å²) in [6, 6.07) is 12.7. The van der Waals surface area contributed by atoms with Gasteiger partial charge in [0.1, 0.15) is 39.3 Å². The predicted octanol–water partition coefficient (Wildman–Crippen LogP) is 0.201. The Hall–Kier alpha value is -2.24. The number of piperazine rings is 1. The Morgan fingerprint density at radius 1 is 0.846 bits per heavy atom. The lowest BCUT2D eigenvalue weighted by Gasteiger charge is -2.30. The summed E-state index contributed by atoms with van der Waals surface area (Å²) in [5, 5.41) is 10.1. The van der Waals surface area contributed by atoms with Crippen LogP contribution in [0.1, 0.15) is 16.7 Å². The molecule has 0 aliphatic carbocycles. The van der Waals surface area contributed by atoms with Gasteiger partial charge in [-0.1, -0.05) is 29.8 Å². The summed E-state index contributed by atoms with van der Waals surface area (Å²) in [5.74, 6) is 1.02. The summed E-state index contributed by atoms with van der Waals surface area (Å²) in [5.41, 5.74) is 3.89. The molecule has 1 heterocycles. The van der Waals surface area contributed by atoms with Gasteiger partial charge < -0.3 is 24.4 Å². The van der Waals surface area contributed by atoms with Gasteiger partial charge in [-0.2, -0.15) is 0 Å². The first kappa shape index (κ1) is 18.5. The van der Waals surface area contributed by atoms with Crippen LogP contribution in [0.4, 0.5) is 0 Å². The highest BCUT2D eigenvalue weighted by atomic mass is 16.5. The molecule has 1 aliphatic heterocycles. The molecule has 1 saturated heterocycles. The Bertz CT molecular complexity index is 715. The van der Waals surface area contributed by atoms with E-state index in [2.05, 4.69) is 31.2 Å². The number of methoxy groups -OCH3 is 2. The van der Waals surface area contributed by atoms with Crippen molar-refractivity contribution < 1.29 is 24.4 Å². The van der Waals surface area contributed by atoms with E-state index in [0.717, 1.165) is 31.7 Å². The molecule has 0 atom stereocenters. The summed E-state index contributed by atoms with van der Waals surface area (Å²) < 4.78 is 10.5. The Morgan fingerprint density at radius 2 is 1.38 bits per heavy atom. The molecule has 2 aromatic rings. The lowest BCUT2D eigenvalue weighted by atomic mass is 10.1. The van der Waals surface area contributed by atoms with Gasteiger partial charge in [0.25, 0.3) is 0 Å². The fourth-order valence-electron chi connectivity index (χ4n) is 3.76. The summed E-state index contributed by atoms with van der Waals surface area (Å²) in [6.07, 6.45) is 0. The van der Waals surface area contributed by atoms with Gasteiger partial charge in [-0.05, 0) is 19.1 Å². The molecule has 1 fully saturated rings. The Kier molecular flexibility index (Phi) is 6.01. The minimum atomic E-state index is 0.0705. The maximum atomic E-state index is 10.1.